The van der Waals surface area contributed by atoms with Crippen LogP contribution >= 0.6 is 11.6 Å². The number of nitrogens with two attached hydrogens (primary N) is 2. The van der Waals surface area contributed by atoms with Crippen LogP contribution < -0.4 is 59.3 Å². The number of hydrogen-bond acceptors (Lipinski definition) is 22. The van der Waals surface area contributed by atoms with E-state index < -0.39 is 191 Å². The number of fused-ring (bicyclic) bond motifs is 1. The highest BCUT2D eigenvalue weighted by atomic mass is 35.5. The number of ketones is 2. The zero-order chi connectivity index (χ0) is 74.0. The SMILES string of the molecule is CCCCCCCC[C@H]1NC(=O)[C@@H](CC(C)C)NC(=O)[C@H]([C@@H](C)O)NC(=O)[C@@H](CC(C)C)NC(=O)[C@@H](CC(N)=O)NC(=O)[C@H](CC(N)=O)NC(=O)[C@H](C)NC(=O)[C@H]([C@@H](C)O)NC(=O)[C@H](Cn2cc(CN3C=C4C(=O)[C@@](C)(OC(=O)CCC)C(=O)C(Cl)=C4[C@H](O)[C@]34CCCO4)nn2)NC1=O. The average molecular weight is 1420 g/mol. The monoisotopic (exact) mass is 1420 g/mol. The van der Waals surface area contributed by atoms with Crippen LogP contribution in [0.2, 0.25) is 0 Å². The molecule has 5 rings (SSSR count). The number of nitrogens with one attached hydrogen (secondary N) is 9. The summed E-state index contributed by atoms with van der Waals surface area (Å²) in [7, 11) is 0. The summed E-state index contributed by atoms with van der Waals surface area (Å²) in [6.45, 7) is 14.2. The van der Waals surface area contributed by atoms with Gasteiger partial charge in [-0.25, -0.2) is 4.68 Å². The third-order valence-electron chi connectivity index (χ3n) is 17.1. The van der Waals surface area contributed by atoms with Gasteiger partial charge in [0.1, 0.15) is 66.2 Å². The Morgan fingerprint density at radius 3 is 1.65 bits per heavy atom. The van der Waals surface area contributed by atoms with Gasteiger partial charge in [-0.2, -0.15) is 0 Å². The number of carbonyl (C=O) groups is 14. The lowest BCUT2D eigenvalue weighted by Crippen LogP contribution is -2.62. The molecular weight excluding hydrogens is 1320 g/mol. The number of aromatic nitrogens is 3. The number of amides is 11. The molecule has 0 unspecified atom stereocenters. The minimum atomic E-state index is -2.40. The number of aliphatic hydroxyl groups excluding tert-OH is 3. The Hall–Kier alpha value is -8.47. The van der Waals surface area contributed by atoms with E-state index in [4.69, 9.17) is 32.5 Å². The fourth-order valence-corrected chi connectivity index (χ4v) is 12.2. The number of carbonyl (C=O) groups excluding carboxylic acids is 14. The van der Waals surface area contributed by atoms with E-state index in [2.05, 4.69) is 58.2 Å². The molecule has 2 saturated heterocycles. The highest BCUT2D eigenvalue weighted by Gasteiger charge is 2.60. The van der Waals surface area contributed by atoms with Crippen LogP contribution in [0.25, 0.3) is 0 Å². The third-order valence-corrected chi connectivity index (χ3v) is 17.5. The second-order valence-corrected chi connectivity index (χ2v) is 27.0. The van der Waals surface area contributed by atoms with Gasteiger partial charge in [-0.15, -0.1) is 5.10 Å². The van der Waals surface area contributed by atoms with Crippen molar-refractivity contribution in [3.05, 3.63) is 34.3 Å². The molecule has 1 aromatic heterocycles. The first-order chi connectivity index (χ1) is 46.5. The van der Waals surface area contributed by atoms with E-state index in [0.29, 0.717) is 25.7 Å². The molecule has 550 valence electrons. The van der Waals surface area contributed by atoms with Gasteiger partial charge in [0, 0.05) is 36.8 Å². The van der Waals surface area contributed by atoms with Gasteiger partial charge in [0.05, 0.1) is 49.4 Å². The predicted molar refractivity (Wildman–Crippen MR) is 351 cm³/mol. The molecule has 1 aliphatic carbocycles. The molecule has 16 N–H and O–H groups in total. The number of unbranched alkanes of at least 4 members (excludes halogenated alkanes) is 5. The van der Waals surface area contributed by atoms with E-state index in [1.807, 2.05) is 6.92 Å². The molecule has 1 aromatic rings. The Kier molecular flexibility index (Phi) is 30.0. The van der Waals surface area contributed by atoms with Crippen molar-refractivity contribution in [3.63, 3.8) is 0 Å². The minimum absolute atomic E-state index is 0.0519. The molecule has 11 amide bonds. The van der Waals surface area contributed by atoms with Gasteiger partial charge in [-0.3, -0.25) is 67.1 Å². The number of ether oxygens (including phenoxy) is 2. The number of nitrogens with zero attached hydrogens (tertiary/aromatic N) is 4. The van der Waals surface area contributed by atoms with E-state index in [-0.39, 0.29) is 73.9 Å². The van der Waals surface area contributed by atoms with Crippen molar-refractivity contribution in [2.24, 2.45) is 23.3 Å². The van der Waals surface area contributed by atoms with Gasteiger partial charge in [0.25, 0.3) is 0 Å². The maximum absolute atomic E-state index is 15.0. The Morgan fingerprint density at radius 1 is 0.646 bits per heavy atom. The van der Waals surface area contributed by atoms with Crippen molar-refractivity contribution in [3.8, 4) is 0 Å². The molecule has 14 atom stereocenters. The summed E-state index contributed by atoms with van der Waals surface area (Å²) in [5.41, 5.74) is 6.47. The quantitative estimate of drug-likeness (QED) is 0.0285. The van der Waals surface area contributed by atoms with Gasteiger partial charge in [0.2, 0.25) is 82.1 Å². The summed E-state index contributed by atoms with van der Waals surface area (Å²) >= 11 is 6.66. The molecule has 3 aliphatic heterocycles. The molecule has 0 radical (unpaired) electrons. The Bertz CT molecular complexity index is 3240. The molecule has 35 heteroatoms. The van der Waals surface area contributed by atoms with Gasteiger partial charge < -0.3 is 89.0 Å². The zero-order valence-electron chi connectivity index (χ0n) is 57.7. The van der Waals surface area contributed by atoms with Crippen LogP contribution in [0.3, 0.4) is 0 Å². The number of rotatable bonds is 24. The predicted octanol–water partition coefficient (Wildman–Crippen LogP) is -2.66. The molecular formula is C64H98ClN15O19. The third kappa shape index (κ3) is 21.8. The van der Waals surface area contributed by atoms with E-state index >= 15 is 4.79 Å². The Morgan fingerprint density at radius 2 is 1.12 bits per heavy atom. The zero-order valence-corrected chi connectivity index (χ0v) is 58.4. The van der Waals surface area contributed by atoms with Crippen molar-refractivity contribution in [2.75, 3.05) is 6.61 Å². The lowest BCUT2D eigenvalue weighted by molar-refractivity contribution is -0.175. The van der Waals surface area contributed by atoms with E-state index in [9.17, 15) is 77.6 Å². The van der Waals surface area contributed by atoms with Crippen LogP contribution in [-0.2, 0) is 89.7 Å². The molecule has 4 heterocycles. The van der Waals surface area contributed by atoms with Crippen molar-refractivity contribution >= 4 is 94.1 Å². The van der Waals surface area contributed by atoms with Crippen molar-refractivity contribution in [1.29, 1.82) is 0 Å². The minimum Gasteiger partial charge on any atom is -0.442 e. The van der Waals surface area contributed by atoms with Crippen molar-refractivity contribution in [2.45, 2.75) is 263 Å². The molecule has 0 aromatic carbocycles. The summed E-state index contributed by atoms with van der Waals surface area (Å²) in [4.78, 5) is 196. The molecule has 2 fully saturated rings. The van der Waals surface area contributed by atoms with Crippen LogP contribution in [0.15, 0.2) is 28.6 Å². The number of halogens is 1. The fourth-order valence-electron chi connectivity index (χ4n) is 11.8. The van der Waals surface area contributed by atoms with Crippen LogP contribution in [-0.4, -0.2) is 208 Å². The summed E-state index contributed by atoms with van der Waals surface area (Å²) in [6.07, 6.45) is 0.431. The lowest BCUT2D eigenvalue weighted by Gasteiger charge is -2.49. The van der Waals surface area contributed by atoms with E-state index in [0.717, 1.165) is 51.1 Å². The maximum Gasteiger partial charge on any atom is 0.307 e. The van der Waals surface area contributed by atoms with Crippen molar-refractivity contribution in [1.82, 2.24) is 67.7 Å². The standard InChI is InChI=1S/C64H98ClN15O19/c1-11-13-14-15-16-17-20-38-55(90)74-43(30-80-28-36(77-78-80)27-79-29-37-47(52(87)64(79)21-18-22-98-64)48(65)53(88)63(10,51(37)86)99-46(85)19-12-2)60(95)76-49(34(8)81)61(96)68-33(7)54(89)70-41(25-44(66)83)57(92)72-42(26-45(67)84)58(93)71-40(24-32(5)6)59(94)75-50(35(9)82)62(97)73-39(23-31(3)4)56(91)69-38/h28-29,31-35,38-43,49-50,52,81-82,87H,11-27,30H2,1-10H3,(H2,66,83)(H2,67,84)(H,68,96)(H,69,91)(H,70,89)(H,71,93)(H,72,92)(H,73,97)(H,74,90)(H,75,94)(H,76,95)/t33-,34+,35+,38+,39+,40+,41-,42+,43-,49-,50-,52-,63+,64+/m0/s1. The Balaban J connectivity index is 1.62. The summed E-state index contributed by atoms with van der Waals surface area (Å²) in [5, 5.41) is 64.3. The second-order valence-electron chi connectivity index (χ2n) is 26.7. The first kappa shape index (κ1) is 81.2. The van der Waals surface area contributed by atoms with E-state index in [1.54, 1.807) is 34.6 Å². The summed E-state index contributed by atoms with van der Waals surface area (Å²) in [5.74, 6) is -15.9. The van der Waals surface area contributed by atoms with Crippen LogP contribution in [0, 0.1) is 11.8 Å². The lowest BCUT2D eigenvalue weighted by atomic mass is 9.74. The van der Waals surface area contributed by atoms with Gasteiger partial charge in [0.15, 0.2) is 5.72 Å². The number of primary amides is 2. The summed E-state index contributed by atoms with van der Waals surface area (Å²) in [6, 6.07) is -15.6. The number of esters is 1. The number of Topliss-reactive ketones (excluding diaryl/α,β-unsaturated/α-hetero) is 2. The summed E-state index contributed by atoms with van der Waals surface area (Å²) < 4.78 is 12.8. The number of hydrogen-bond donors (Lipinski definition) is 14. The van der Waals surface area contributed by atoms with E-state index in [1.165, 1.54) is 24.2 Å². The largest absolute Gasteiger partial charge is 0.442 e. The first-order valence-corrected chi connectivity index (χ1v) is 33.9. The first-order valence-electron chi connectivity index (χ1n) is 33.6. The topological polar surface area (TPSA) is 512 Å². The molecule has 99 heavy (non-hydrogen) atoms. The highest BCUT2D eigenvalue weighted by Crippen LogP contribution is 2.48. The number of aliphatic hydroxyl groups is 3. The van der Waals surface area contributed by atoms with Crippen LogP contribution in [0.5, 0.6) is 0 Å². The normalized spacial score (nSPS) is 28.3. The Labute approximate surface area is 578 Å². The molecule has 1 spiro atoms. The fraction of sp³-hybridized carbons (Fsp3) is 0.688. The highest BCUT2D eigenvalue weighted by molar-refractivity contribution is 6.49. The molecule has 34 nitrogen and oxygen atoms in total. The van der Waals surface area contributed by atoms with Gasteiger partial charge >= 0.3 is 5.97 Å². The second kappa shape index (κ2) is 36.6. The molecule has 0 saturated carbocycles. The van der Waals surface area contributed by atoms with Crippen LogP contribution in [0.1, 0.15) is 171 Å². The molecule has 4 aliphatic rings. The average Bonchev–Trinajstić information content (AvgIpc) is 1.69. The van der Waals surface area contributed by atoms with Gasteiger partial charge in [-0.05, 0) is 71.6 Å². The maximum atomic E-state index is 15.0. The van der Waals surface area contributed by atoms with Gasteiger partial charge in [-0.1, -0.05) is 96.9 Å². The smallest absolute Gasteiger partial charge is 0.307 e. The van der Waals surface area contributed by atoms with Crippen LogP contribution in [0.4, 0.5) is 0 Å². The molecule has 0 bridgehead atoms. The van der Waals surface area contributed by atoms with Crippen molar-refractivity contribution < 1.29 is 91.9 Å².